The number of hydrogen-bond donors (Lipinski definition) is 0. The molecule has 1 saturated heterocycles. The summed E-state index contributed by atoms with van der Waals surface area (Å²) < 4.78 is 7.34. The van der Waals surface area contributed by atoms with Crippen LogP contribution in [-0.2, 0) is 27.3 Å². The van der Waals surface area contributed by atoms with E-state index in [9.17, 15) is 14.4 Å². The largest absolute Gasteiger partial charge is 0.457 e. The Kier molecular flexibility index (Phi) is 6.20. The van der Waals surface area contributed by atoms with Crippen molar-refractivity contribution in [3.05, 3.63) is 52.8 Å². The zero-order valence-corrected chi connectivity index (χ0v) is 17.5. The lowest BCUT2D eigenvalue weighted by molar-refractivity contribution is -0.147. The third-order valence-electron chi connectivity index (χ3n) is 5.66. The highest BCUT2D eigenvalue weighted by atomic mass is 16.5. The highest BCUT2D eigenvalue weighted by molar-refractivity contribution is 6.01. The number of para-hydroxylation sites is 1. The van der Waals surface area contributed by atoms with Crippen molar-refractivity contribution in [1.82, 2.24) is 4.57 Å². The first kappa shape index (κ1) is 20.8. The first-order valence-corrected chi connectivity index (χ1v) is 10.1. The smallest absolute Gasteiger partial charge is 0.311 e. The Labute approximate surface area is 171 Å². The number of hydrogen-bond acceptors (Lipinski definition) is 4. The monoisotopic (exact) mass is 396 g/mol. The maximum absolute atomic E-state index is 12.5. The Morgan fingerprint density at radius 3 is 2.55 bits per heavy atom. The summed E-state index contributed by atoms with van der Waals surface area (Å²) in [6.45, 7) is 8.66. The molecule has 1 aromatic carbocycles. The number of amides is 1. The van der Waals surface area contributed by atoms with Gasteiger partial charge in [0.1, 0.15) is 0 Å². The molecule has 3 rings (SSSR count). The molecule has 0 radical (unpaired) electrons. The summed E-state index contributed by atoms with van der Waals surface area (Å²) in [5, 5.41) is 0. The maximum atomic E-state index is 12.5. The predicted octanol–water partition coefficient (Wildman–Crippen LogP) is 3.47. The molecule has 0 saturated carbocycles. The number of esters is 1. The quantitative estimate of drug-likeness (QED) is 0.531. The summed E-state index contributed by atoms with van der Waals surface area (Å²) in [6.07, 6.45) is 0.912. The lowest BCUT2D eigenvalue weighted by Crippen LogP contribution is -2.28. The van der Waals surface area contributed by atoms with Crippen molar-refractivity contribution in [3.63, 3.8) is 0 Å². The Bertz CT molecular complexity index is 944. The van der Waals surface area contributed by atoms with Crippen LogP contribution in [0, 0.1) is 19.8 Å². The minimum atomic E-state index is -0.553. The van der Waals surface area contributed by atoms with Crippen LogP contribution in [0.25, 0.3) is 0 Å². The number of Topliss-reactive ketones (excluding diaryl/α,β-unsaturated/α-hetero) is 1. The zero-order valence-electron chi connectivity index (χ0n) is 17.5. The van der Waals surface area contributed by atoms with Gasteiger partial charge in [-0.2, -0.15) is 0 Å². The van der Waals surface area contributed by atoms with Crippen LogP contribution < -0.4 is 4.90 Å². The third-order valence-corrected chi connectivity index (χ3v) is 5.66. The van der Waals surface area contributed by atoms with E-state index >= 15 is 0 Å². The van der Waals surface area contributed by atoms with E-state index in [0.717, 1.165) is 35.6 Å². The van der Waals surface area contributed by atoms with E-state index in [1.54, 1.807) is 4.90 Å². The van der Waals surface area contributed by atoms with Gasteiger partial charge in [0, 0.05) is 42.1 Å². The molecule has 1 atom stereocenters. The molecular weight excluding hydrogens is 368 g/mol. The Morgan fingerprint density at radius 1 is 1.17 bits per heavy atom. The fourth-order valence-corrected chi connectivity index (χ4v) is 4.07. The molecular formula is C23H28N2O4. The van der Waals surface area contributed by atoms with E-state index in [1.807, 2.05) is 62.6 Å². The van der Waals surface area contributed by atoms with E-state index < -0.39 is 11.9 Å². The van der Waals surface area contributed by atoms with Crippen LogP contribution in [-0.4, -0.2) is 35.4 Å². The van der Waals surface area contributed by atoms with Gasteiger partial charge in [0.15, 0.2) is 6.61 Å². The van der Waals surface area contributed by atoms with Gasteiger partial charge in [-0.05, 0) is 44.9 Å². The number of ether oxygens (including phenoxy) is 1. The molecule has 0 bridgehead atoms. The van der Waals surface area contributed by atoms with Gasteiger partial charge < -0.3 is 14.2 Å². The molecule has 2 aromatic rings. The molecule has 1 aliphatic rings. The van der Waals surface area contributed by atoms with Crippen molar-refractivity contribution in [2.75, 3.05) is 18.1 Å². The molecule has 1 amide bonds. The van der Waals surface area contributed by atoms with Crippen molar-refractivity contribution in [2.24, 2.45) is 5.92 Å². The van der Waals surface area contributed by atoms with Crippen LogP contribution in [0.2, 0.25) is 0 Å². The zero-order chi connectivity index (χ0) is 21.1. The van der Waals surface area contributed by atoms with Crippen LogP contribution in [0.3, 0.4) is 0 Å². The fraction of sp³-hybridized carbons (Fsp3) is 0.435. The van der Waals surface area contributed by atoms with E-state index in [-0.39, 0.29) is 31.3 Å². The first-order chi connectivity index (χ1) is 13.9. The van der Waals surface area contributed by atoms with E-state index in [2.05, 4.69) is 0 Å². The fourth-order valence-electron chi connectivity index (χ4n) is 4.07. The number of carbonyl (C=O) groups is 3. The molecule has 154 valence electrons. The molecule has 1 fully saturated rings. The SMILES string of the molecule is CCc1ccccc1N1C[C@@H](C(=O)OCC(=O)c2cc(C)n(CC)c2C)CC1=O. The lowest BCUT2D eigenvalue weighted by Gasteiger charge is -2.19. The van der Waals surface area contributed by atoms with Gasteiger partial charge in [-0.1, -0.05) is 25.1 Å². The van der Waals surface area contributed by atoms with Crippen molar-refractivity contribution < 1.29 is 19.1 Å². The summed E-state index contributed by atoms with van der Waals surface area (Å²) in [4.78, 5) is 39.2. The number of rotatable bonds is 7. The molecule has 6 nitrogen and oxygen atoms in total. The minimum absolute atomic E-state index is 0.0920. The van der Waals surface area contributed by atoms with Gasteiger partial charge in [0.05, 0.1) is 5.92 Å². The molecule has 0 spiro atoms. The second-order valence-electron chi connectivity index (χ2n) is 7.45. The minimum Gasteiger partial charge on any atom is -0.457 e. The van der Waals surface area contributed by atoms with Gasteiger partial charge >= 0.3 is 5.97 Å². The molecule has 6 heteroatoms. The number of aromatic nitrogens is 1. The van der Waals surface area contributed by atoms with Crippen LogP contribution in [0.4, 0.5) is 5.69 Å². The van der Waals surface area contributed by atoms with Crippen molar-refractivity contribution in [3.8, 4) is 0 Å². The predicted molar refractivity (Wildman–Crippen MR) is 111 cm³/mol. The summed E-state index contributed by atoms with van der Waals surface area (Å²) >= 11 is 0. The summed E-state index contributed by atoms with van der Waals surface area (Å²) in [7, 11) is 0. The van der Waals surface area contributed by atoms with Gasteiger partial charge in [0.2, 0.25) is 11.7 Å². The van der Waals surface area contributed by atoms with Crippen LogP contribution in [0.1, 0.15) is 47.6 Å². The summed E-state index contributed by atoms with van der Waals surface area (Å²) in [5.74, 6) is -1.36. The number of benzene rings is 1. The maximum Gasteiger partial charge on any atom is 0.311 e. The average Bonchev–Trinajstić information content (AvgIpc) is 3.24. The van der Waals surface area contributed by atoms with E-state index in [0.29, 0.717) is 5.56 Å². The van der Waals surface area contributed by atoms with Gasteiger partial charge in [-0.15, -0.1) is 0 Å². The molecule has 1 aliphatic heterocycles. The Morgan fingerprint density at radius 2 is 1.90 bits per heavy atom. The van der Waals surface area contributed by atoms with Crippen LogP contribution >= 0.6 is 0 Å². The Hall–Kier alpha value is -2.89. The third kappa shape index (κ3) is 4.11. The molecule has 2 heterocycles. The molecule has 0 N–H and O–H groups in total. The second kappa shape index (κ2) is 8.64. The van der Waals surface area contributed by atoms with Gasteiger partial charge in [0.25, 0.3) is 0 Å². The highest BCUT2D eigenvalue weighted by Gasteiger charge is 2.37. The summed E-state index contributed by atoms with van der Waals surface area (Å²) in [5.41, 5.74) is 4.38. The number of carbonyl (C=O) groups excluding carboxylic acids is 3. The number of nitrogens with zero attached hydrogens (tertiary/aromatic N) is 2. The molecule has 29 heavy (non-hydrogen) atoms. The average molecular weight is 396 g/mol. The van der Waals surface area contributed by atoms with Crippen LogP contribution in [0.5, 0.6) is 0 Å². The topological polar surface area (TPSA) is 68.6 Å². The van der Waals surface area contributed by atoms with Crippen molar-refractivity contribution in [1.29, 1.82) is 0 Å². The van der Waals surface area contributed by atoms with Crippen molar-refractivity contribution >= 4 is 23.3 Å². The summed E-state index contributed by atoms with van der Waals surface area (Å²) in [6, 6.07) is 9.54. The first-order valence-electron chi connectivity index (χ1n) is 10.1. The van der Waals surface area contributed by atoms with Gasteiger partial charge in [-0.3, -0.25) is 14.4 Å². The second-order valence-corrected chi connectivity index (χ2v) is 7.45. The molecule has 0 unspecified atom stereocenters. The van der Waals surface area contributed by atoms with E-state index in [4.69, 9.17) is 4.74 Å². The van der Waals surface area contributed by atoms with Gasteiger partial charge in [-0.25, -0.2) is 0 Å². The standard InChI is InChI=1S/C23H28N2O4/c1-5-17-9-7-8-10-20(17)25-13-18(12-22(25)27)23(28)29-14-21(26)19-11-15(3)24(6-2)16(19)4/h7-11,18H,5-6,12-14H2,1-4H3/t18-/m0/s1. The van der Waals surface area contributed by atoms with Crippen LogP contribution in [0.15, 0.2) is 30.3 Å². The highest BCUT2D eigenvalue weighted by Crippen LogP contribution is 2.29. The number of ketones is 1. The molecule has 0 aliphatic carbocycles. The number of aryl methyl sites for hydroxylation is 2. The lowest BCUT2D eigenvalue weighted by atomic mass is 10.1. The van der Waals surface area contributed by atoms with E-state index in [1.165, 1.54) is 0 Å². The normalized spacial score (nSPS) is 16.3. The molecule has 1 aromatic heterocycles. The number of anilines is 1. The Balaban J connectivity index is 1.63. The van der Waals surface area contributed by atoms with Crippen molar-refractivity contribution in [2.45, 2.75) is 47.1 Å².